The van der Waals surface area contributed by atoms with Gasteiger partial charge in [-0.1, -0.05) is 51.3 Å². The van der Waals surface area contributed by atoms with Crippen LogP contribution in [0.1, 0.15) is 15.9 Å². The lowest BCUT2D eigenvalue weighted by atomic mass is 10.2. The van der Waals surface area contributed by atoms with Gasteiger partial charge in [0, 0.05) is 4.47 Å². The molecule has 0 bridgehead atoms. The lowest BCUT2D eigenvalue weighted by Gasteiger charge is -2.07. The number of halogens is 3. The molecule has 0 amide bonds. The average Bonchev–Trinajstić information content (AvgIpc) is 2.43. The Kier molecular flexibility index (Phi) is 4.91. The Morgan fingerprint density at radius 3 is 2.25 bits per heavy atom. The van der Waals surface area contributed by atoms with E-state index >= 15 is 0 Å². The number of esters is 1. The highest BCUT2D eigenvalue weighted by atomic mass is 79.9. The molecule has 0 radical (unpaired) electrons. The molecule has 0 aliphatic carbocycles. The van der Waals surface area contributed by atoms with Gasteiger partial charge >= 0.3 is 5.97 Å². The van der Waals surface area contributed by atoms with Crippen LogP contribution in [0.3, 0.4) is 0 Å². The van der Waals surface area contributed by atoms with Crippen LogP contribution < -0.4 is 5.73 Å². The summed E-state index contributed by atoms with van der Waals surface area (Å²) in [5.41, 5.74) is 7.01. The van der Waals surface area contributed by atoms with E-state index in [-0.39, 0.29) is 27.9 Å². The zero-order valence-electron chi connectivity index (χ0n) is 10.2. The molecule has 3 nitrogen and oxygen atoms in total. The van der Waals surface area contributed by atoms with Crippen LogP contribution in [0.25, 0.3) is 0 Å². The van der Waals surface area contributed by atoms with Gasteiger partial charge in [0.25, 0.3) is 0 Å². The van der Waals surface area contributed by atoms with Crippen LogP contribution in [-0.2, 0) is 11.3 Å². The molecule has 0 heterocycles. The molecule has 0 spiro atoms. The van der Waals surface area contributed by atoms with Gasteiger partial charge in [-0.15, -0.1) is 0 Å². The van der Waals surface area contributed by atoms with E-state index in [4.69, 9.17) is 33.7 Å². The minimum atomic E-state index is -0.503. The molecule has 0 aliphatic heterocycles. The van der Waals surface area contributed by atoms with Crippen LogP contribution in [0.4, 0.5) is 5.69 Å². The second-order valence-corrected chi connectivity index (χ2v) is 5.79. The Morgan fingerprint density at radius 1 is 1.15 bits per heavy atom. The maximum absolute atomic E-state index is 11.9. The Balaban J connectivity index is 2.07. The Labute approximate surface area is 134 Å². The van der Waals surface area contributed by atoms with Crippen molar-refractivity contribution in [2.24, 2.45) is 0 Å². The average molecular weight is 375 g/mol. The predicted molar refractivity (Wildman–Crippen MR) is 84.1 cm³/mol. The molecule has 0 saturated heterocycles. The van der Waals surface area contributed by atoms with E-state index in [2.05, 4.69) is 15.9 Å². The normalized spacial score (nSPS) is 10.3. The summed E-state index contributed by atoms with van der Waals surface area (Å²) in [6.07, 6.45) is 0. The minimum absolute atomic E-state index is 0.172. The molecular formula is C14H10BrCl2NO2. The monoisotopic (exact) mass is 373 g/mol. The smallest absolute Gasteiger partial charge is 0.338 e. The maximum atomic E-state index is 11.9. The molecule has 0 unspecified atom stereocenters. The number of nitrogen functional groups attached to an aromatic ring is 1. The number of hydrogen-bond donors (Lipinski definition) is 1. The van der Waals surface area contributed by atoms with Crippen LogP contribution in [0.2, 0.25) is 10.0 Å². The standard InChI is InChI=1S/C14H10BrCl2NO2/c15-10-3-1-8(2-4-10)7-20-14(19)9-5-11(16)13(18)12(17)6-9/h1-6H,7,18H2. The number of rotatable bonds is 3. The van der Waals surface area contributed by atoms with Crippen molar-refractivity contribution in [2.45, 2.75) is 6.61 Å². The lowest BCUT2D eigenvalue weighted by Crippen LogP contribution is -2.06. The Hall–Kier alpha value is -1.23. The van der Waals surface area contributed by atoms with Crippen molar-refractivity contribution in [1.29, 1.82) is 0 Å². The fourth-order valence-corrected chi connectivity index (χ4v) is 2.27. The topological polar surface area (TPSA) is 52.3 Å². The summed E-state index contributed by atoms with van der Waals surface area (Å²) in [5.74, 6) is -0.503. The largest absolute Gasteiger partial charge is 0.457 e. The van der Waals surface area contributed by atoms with E-state index in [0.717, 1.165) is 10.0 Å². The summed E-state index contributed by atoms with van der Waals surface area (Å²) in [5, 5.41) is 0.459. The first-order chi connectivity index (χ1) is 9.47. The zero-order chi connectivity index (χ0) is 14.7. The highest BCUT2D eigenvalue weighted by Gasteiger charge is 2.12. The number of nitrogens with two attached hydrogens (primary N) is 1. The second-order valence-electron chi connectivity index (χ2n) is 4.06. The minimum Gasteiger partial charge on any atom is -0.457 e. The van der Waals surface area contributed by atoms with Crippen LogP contribution in [-0.4, -0.2) is 5.97 Å². The van der Waals surface area contributed by atoms with Crippen LogP contribution in [0.15, 0.2) is 40.9 Å². The Bertz CT molecular complexity index is 621. The van der Waals surface area contributed by atoms with E-state index in [1.807, 2.05) is 24.3 Å². The zero-order valence-corrected chi connectivity index (χ0v) is 13.3. The van der Waals surface area contributed by atoms with Gasteiger partial charge in [-0.05, 0) is 29.8 Å². The van der Waals surface area contributed by atoms with Gasteiger partial charge in [-0.25, -0.2) is 4.79 Å². The van der Waals surface area contributed by atoms with Crippen molar-refractivity contribution in [1.82, 2.24) is 0 Å². The highest BCUT2D eigenvalue weighted by Crippen LogP contribution is 2.29. The summed E-state index contributed by atoms with van der Waals surface area (Å²) < 4.78 is 6.15. The van der Waals surface area contributed by atoms with Crippen molar-refractivity contribution in [3.63, 3.8) is 0 Å². The number of carbonyl (C=O) groups is 1. The molecule has 0 aromatic heterocycles. The third-order valence-electron chi connectivity index (χ3n) is 2.60. The van der Waals surface area contributed by atoms with Gasteiger partial charge in [0.2, 0.25) is 0 Å². The van der Waals surface area contributed by atoms with Crippen LogP contribution >= 0.6 is 39.1 Å². The molecule has 20 heavy (non-hydrogen) atoms. The van der Waals surface area contributed by atoms with Crippen molar-refractivity contribution in [3.8, 4) is 0 Å². The predicted octanol–water partition coefficient (Wildman–Crippen LogP) is 4.70. The molecule has 2 rings (SSSR count). The summed E-state index contributed by atoms with van der Waals surface area (Å²) >= 11 is 15.1. The maximum Gasteiger partial charge on any atom is 0.338 e. The molecule has 0 atom stereocenters. The molecule has 104 valence electrons. The highest BCUT2D eigenvalue weighted by molar-refractivity contribution is 9.10. The fraction of sp³-hybridized carbons (Fsp3) is 0.0714. The van der Waals surface area contributed by atoms with Crippen LogP contribution in [0.5, 0.6) is 0 Å². The SMILES string of the molecule is Nc1c(Cl)cc(C(=O)OCc2ccc(Br)cc2)cc1Cl. The second kappa shape index (κ2) is 6.48. The molecule has 0 fully saturated rings. The third kappa shape index (κ3) is 3.66. The van der Waals surface area contributed by atoms with Gasteiger partial charge in [0.15, 0.2) is 0 Å². The first kappa shape index (κ1) is 15.2. The van der Waals surface area contributed by atoms with Crippen molar-refractivity contribution < 1.29 is 9.53 Å². The van der Waals surface area contributed by atoms with Gasteiger partial charge in [-0.2, -0.15) is 0 Å². The third-order valence-corrected chi connectivity index (χ3v) is 3.75. The number of benzene rings is 2. The van der Waals surface area contributed by atoms with Gasteiger partial charge < -0.3 is 10.5 Å². The van der Waals surface area contributed by atoms with E-state index in [1.54, 1.807) is 0 Å². The van der Waals surface area contributed by atoms with E-state index in [1.165, 1.54) is 12.1 Å². The van der Waals surface area contributed by atoms with Crippen molar-refractivity contribution in [2.75, 3.05) is 5.73 Å². The first-order valence-corrected chi connectivity index (χ1v) is 7.18. The summed E-state index contributed by atoms with van der Waals surface area (Å²) in [6, 6.07) is 10.3. The van der Waals surface area contributed by atoms with E-state index in [0.29, 0.717) is 0 Å². The van der Waals surface area contributed by atoms with Gasteiger partial charge in [0.05, 0.1) is 21.3 Å². The quantitative estimate of drug-likeness (QED) is 0.626. The molecule has 0 aliphatic rings. The number of hydrogen-bond acceptors (Lipinski definition) is 3. The lowest BCUT2D eigenvalue weighted by molar-refractivity contribution is 0.0473. The molecule has 6 heteroatoms. The Morgan fingerprint density at radius 2 is 1.70 bits per heavy atom. The molecule has 2 N–H and O–H groups in total. The summed E-state index contributed by atoms with van der Waals surface area (Å²) in [7, 11) is 0. The fourth-order valence-electron chi connectivity index (χ4n) is 1.51. The molecular weight excluding hydrogens is 365 g/mol. The van der Waals surface area contributed by atoms with Crippen molar-refractivity contribution in [3.05, 3.63) is 62.0 Å². The number of ether oxygens (including phenoxy) is 1. The van der Waals surface area contributed by atoms with Crippen LogP contribution in [0, 0.1) is 0 Å². The number of carbonyl (C=O) groups excluding carboxylic acids is 1. The summed E-state index contributed by atoms with van der Waals surface area (Å²) in [6.45, 7) is 0.172. The molecule has 0 saturated carbocycles. The molecule has 2 aromatic rings. The number of anilines is 1. The summed E-state index contributed by atoms with van der Waals surface area (Å²) in [4.78, 5) is 11.9. The van der Waals surface area contributed by atoms with Gasteiger partial charge in [-0.3, -0.25) is 0 Å². The molecule has 2 aromatic carbocycles. The first-order valence-electron chi connectivity index (χ1n) is 5.63. The van der Waals surface area contributed by atoms with E-state index < -0.39 is 5.97 Å². The van der Waals surface area contributed by atoms with E-state index in [9.17, 15) is 4.79 Å². The van der Waals surface area contributed by atoms with Crippen molar-refractivity contribution >= 4 is 50.8 Å². The van der Waals surface area contributed by atoms with Gasteiger partial charge in [0.1, 0.15) is 6.61 Å².